The molecule has 3 rings (SSSR count). The van der Waals surface area contributed by atoms with Crippen molar-refractivity contribution >= 4 is 10.1 Å². The van der Waals surface area contributed by atoms with Crippen LogP contribution in [-0.2, 0) is 23.5 Å². The molecule has 0 bridgehead atoms. The Morgan fingerprint density at radius 2 is 1.16 bits per heavy atom. The maximum atomic E-state index is 13.7. The monoisotopic (exact) mass is 568 g/mol. The first-order valence-electron chi connectivity index (χ1n) is 10.4. The molecule has 3 nitrogen and oxygen atoms in total. The van der Waals surface area contributed by atoms with Gasteiger partial charge < -0.3 is 0 Å². The van der Waals surface area contributed by atoms with Crippen LogP contribution in [-0.4, -0.2) is 8.42 Å². The van der Waals surface area contributed by atoms with Crippen LogP contribution in [0.25, 0.3) is 0 Å². The summed E-state index contributed by atoms with van der Waals surface area (Å²) in [5.74, 6) is -0.612. The van der Waals surface area contributed by atoms with E-state index < -0.39 is 36.2 Å². The molecular formula is C26H30FIO3S+. The molecule has 0 aromatic heterocycles. The van der Waals surface area contributed by atoms with E-state index in [1.807, 2.05) is 48.5 Å². The number of halogens is 2. The fraction of sp³-hybridized carbons (Fsp3) is 0.308. The lowest BCUT2D eigenvalue weighted by atomic mass is 9.87. The summed E-state index contributed by atoms with van der Waals surface area (Å²) in [5, 5.41) is 0. The van der Waals surface area contributed by atoms with Gasteiger partial charge in [0.25, 0.3) is 0 Å². The van der Waals surface area contributed by atoms with Crippen molar-refractivity contribution < 1.29 is 35.6 Å². The number of benzene rings is 3. The fourth-order valence-electron chi connectivity index (χ4n) is 3.07. The molecule has 32 heavy (non-hydrogen) atoms. The van der Waals surface area contributed by atoms with Gasteiger partial charge in [-0.15, -0.1) is 0 Å². The van der Waals surface area contributed by atoms with Crippen molar-refractivity contribution in [2.45, 2.75) is 57.3 Å². The van der Waals surface area contributed by atoms with Gasteiger partial charge >= 0.3 is 30.4 Å². The Morgan fingerprint density at radius 1 is 0.719 bits per heavy atom. The van der Waals surface area contributed by atoms with E-state index in [9.17, 15) is 12.8 Å². The maximum absolute atomic E-state index is 13.7. The lowest BCUT2D eigenvalue weighted by Gasteiger charge is -2.19. The van der Waals surface area contributed by atoms with Gasteiger partial charge in [0.1, 0.15) is 10.7 Å². The Balaban J connectivity index is 2.05. The van der Waals surface area contributed by atoms with Gasteiger partial charge in [-0.1, -0.05) is 71.9 Å². The van der Waals surface area contributed by atoms with Crippen molar-refractivity contribution in [3.05, 3.63) is 96.9 Å². The molecule has 0 atom stereocenters. The Kier molecular flexibility index (Phi) is 7.17. The Morgan fingerprint density at radius 3 is 1.53 bits per heavy atom. The average molecular weight is 568 g/mol. The standard InChI is InChI=1S/C26H30FIO3S/c1-25(2,3)19-10-14-22(15-11-19)28(23-16-12-20(13-17-23)26(4,5)6)31-32(29,30)24-9-7-8-21(27)18-24/h7-18H,1-6H3/q+1. The highest BCUT2D eigenvalue weighted by Gasteiger charge is 2.38. The summed E-state index contributed by atoms with van der Waals surface area (Å²) < 4.78 is 47.4. The molecule has 3 aromatic carbocycles. The number of hydrogen-bond donors (Lipinski definition) is 0. The molecule has 0 spiro atoms. The lowest BCUT2D eigenvalue weighted by Crippen LogP contribution is -3.85. The van der Waals surface area contributed by atoms with Gasteiger partial charge in [-0.3, -0.25) is 0 Å². The van der Waals surface area contributed by atoms with E-state index in [0.29, 0.717) is 0 Å². The zero-order valence-electron chi connectivity index (χ0n) is 19.3. The van der Waals surface area contributed by atoms with Crippen molar-refractivity contribution in [2.75, 3.05) is 0 Å². The highest BCUT2D eigenvalue weighted by Crippen LogP contribution is 2.22. The molecule has 6 heteroatoms. The first-order valence-corrected chi connectivity index (χ1v) is 14.8. The molecule has 3 aromatic rings. The number of rotatable bonds is 5. The molecule has 0 unspecified atom stereocenters. The van der Waals surface area contributed by atoms with Gasteiger partial charge in [0, 0.05) is 0 Å². The zero-order chi connectivity index (χ0) is 23.7. The molecule has 0 saturated heterocycles. The molecule has 0 fully saturated rings. The SMILES string of the molecule is CC(C)(C)c1ccc([I+](OS(=O)(=O)c2cccc(F)c2)c2ccc(C(C)(C)C)cc2)cc1. The predicted molar refractivity (Wildman–Crippen MR) is 122 cm³/mol. The molecule has 0 aliphatic carbocycles. The molecule has 1 radical (unpaired) electrons. The minimum absolute atomic E-state index is 0.0135. The van der Waals surface area contributed by atoms with Gasteiger partial charge in [-0.2, -0.15) is 8.42 Å². The van der Waals surface area contributed by atoms with E-state index in [1.165, 1.54) is 18.2 Å². The molecule has 0 heterocycles. The summed E-state index contributed by atoms with van der Waals surface area (Å²) in [5.41, 5.74) is 2.29. The van der Waals surface area contributed by atoms with Crippen molar-refractivity contribution in [3.63, 3.8) is 0 Å². The second-order valence-electron chi connectivity index (χ2n) is 9.74. The van der Waals surface area contributed by atoms with Crippen LogP contribution in [0.5, 0.6) is 0 Å². The van der Waals surface area contributed by atoms with Crippen LogP contribution in [0.1, 0.15) is 52.7 Å². The van der Waals surface area contributed by atoms with E-state index in [-0.39, 0.29) is 15.7 Å². The number of hydrogen-bond acceptors (Lipinski definition) is 3. The molecule has 0 amide bonds. The Hall–Kier alpha value is -1.77. The lowest BCUT2D eigenvalue weighted by molar-refractivity contribution is -1.03. The van der Waals surface area contributed by atoms with Crippen molar-refractivity contribution in [1.29, 1.82) is 0 Å². The Bertz CT molecular complexity index is 1120. The van der Waals surface area contributed by atoms with E-state index in [1.54, 1.807) is 0 Å². The molecule has 0 aliphatic heterocycles. The second kappa shape index (κ2) is 9.23. The first kappa shape index (κ1) is 24.9. The van der Waals surface area contributed by atoms with Crippen molar-refractivity contribution in [2.24, 2.45) is 0 Å². The maximum Gasteiger partial charge on any atom is 0.336 e. The topological polar surface area (TPSA) is 43.4 Å². The summed E-state index contributed by atoms with van der Waals surface area (Å²) in [6.45, 7) is 12.8. The van der Waals surface area contributed by atoms with Gasteiger partial charge in [0.05, 0.1) is 0 Å². The molecule has 0 N–H and O–H groups in total. The van der Waals surface area contributed by atoms with Crippen LogP contribution in [0, 0.1) is 13.0 Å². The fourth-order valence-corrected chi connectivity index (χ4v) is 9.99. The van der Waals surface area contributed by atoms with Gasteiger partial charge in [0.2, 0.25) is 0 Å². The van der Waals surface area contributed by atoms with Crippen LogP contribution in [0.2, 0.25) is 0 Å². The van der Waals surface area contributed by atoms with Crippen molar-refractivity contribution in [3.8, 4) is 0 Å². The summed E-state index contributed by atoms with van der Waals surface area (Å²) in [6.07, 6.45) is 0. The normalized spacial score (nSPS) is 12.9. The first-order chi connectivity index (χ1) is 14.8. The van der Waals surface area contributed by atoms with E-state index >= 15 is 0 Å². The highest BCUT2D eigenvalue weighted by atomic mass is 127. The van der Waals surface area contributed by atoms with E-state index in [2.05, 4.69) is 41.5 Å². The Labute approximate surface area is 199 Å². The third-order valence-corrected chi connectivity index (χ3v) is 12.4. The van der Waals surface area contributed by atoms with E-state index in [4.69, 9.17) is 2.51 Å². The molecular weight excluding hydrogens is 538 g/mol. The minimum atomic E-state index is -4.13. The van der Waals surface area contributed by atoms with Gasteiger partial charge in [-0.25, -0.2) is 4.39 Å². The average Bonchev–Trinajstić information content (AvgIpc) is 2.71. The highest BCUT2D eigenvalue weighted by molar-refractivity contribution is 7.86. The third-order valence-electron chi connectivity index (χ3n) is 5.05. The minimum Gasteiger partial charge on any atom is -0.207 e. The van der Waals surface area contributed by atoms with Crippen LogP contribution in [0.15, 0.2) is 77.7 Å². The van der Waals surface area contributed by atoms with Gasteiger partial charge in [-0.05, 0) is 66.9 Å². The van der Waals surface area contributed by atoms with Crippen LogP contribution in [0.4, 0.5) is 4.39 Å². The second-order valence-corrected chi connectivity index (χ2v) is 16.2. The molecule has 0 saturated carbocycles. The molecule has 0 aliphatic rings. The predicted octanol–water partition coefficient (Wildman–Crippen LogP) is 3.41. The molecule has 171 valence electrons. The quantitative estimate of drug-likeness (QED) is 0.444. The largest absolute Gasteiger partial charge is 0.336 e. The summed E-state index contributed by atoms with van der Waals surface area (Å²) in [6, 6.07) is 20.9. The zero-order valence-corrected chi connectivity index (χ0v) is 22.3. The third kappa shape index (κ3) is 5.97. The van der Waals surface area contributed by atoms with Crippen LogP contribution < -0.4 is 20.2 Å². The van der Waals surface area contributed by atoms with Crippen molar-refractivity contribution in [1.82, 2.24) is 0 Å². The van der Waals surface area contributed by atoms with Crippen LogP contribution >= 0.6 is 0 Å². The van der Waals surface area contributed by atoms with Crippen LogP contribution in [0.3, 0.4) is 0 Å². The van der Waals surface area contributed by atoms with E-state index in [0.717, 1.165) is 24.3 Å². The summed E-state index contributed by atoms with van der Waals surface area (Å²) in [4.78, 5) is -0.169. The summed E-state index contributed by atoms with van der Waals surface area (Å²) in [7, 11) is -4.13. The van der Waals surface area contributed by atoms with Gasteiger partial charge in [0.15, 0.2) is 7.14 Å². The summed E-state index contributed by atoms with van der Waals surface area (Å²) >= 11 is -2.85. The smallest absolute Gasteiger partial charge is 0.207 e.